The van der Waals surface area contributed by atoms with Crippen LogP contribution in [0.25, 0.3) is 0 Å². The number of carboxylic acid groups (broad SMARTS) is 1. The molecule has 2 aliphatic rings. The van der Waals surface area contributed by atoms with Crippen LogP contribution in [-0.4, -0.2) is 39.9 Å². The Morgan fingerprint density at radius 2 is 1.87 bits per heavy atom. The minimum atomic E-state index is -1.14. The lowest BCUT2D eigenvalue weighted by molar-refractivity contribution is -0.147. The number of nitrogens with zero attached hydrogens (tertiary/aromatic N) is 1. The van der Waals surface area contributed by atoms with Crippen molar-refractivity contribution < 1.29 is 19.5 Å². The number of hydrogen-bond acceptors (Lipinski definition) is 3. The summed E-state index contributed by atoms with van der Waals surface area (Å²) in [6.07, 6.45) is 3.02. The third kappa shape index (κ3) is 2.93. The second-order valence-corrected chi connectivity index (χ2v) is 6.48. The van der Waals surface area contributed by atoms with Gasteiger partial charge in [-0.05, 0) is 56.9 Å². The summed E-state index contributed by atoms with van der Waals surface area (Å²) >= 11 is 0. The summed E-state index contributed by atoms with van der Waals surface area (Å²) < 4.78 is 0. The number of carbonyl (C=O) groups excluding carboxylic acids is 2. The van der Waals surface area contributed by atoms with E-state index in [1.165, 1.54) is 4.90 Å². The molecule has 1 aliphatic heterocycles. The molecule has 1 saturated carbocycles. The van der Waals surface area contributed by atoms with E-state index in [1.807, 2.05) is 0 Å². The smallest absolute Gasteiger partial charge is 0.329 e. The van der Waals surface area contributed by atoms with Crippen molar-refractivity contribution in [2.45, 2.75) is 38.1 Å². The fourth-order valence-electron chi connectivity index (χ4n) is 2.95. The monoisotopic (exact) mass is 316 g/mol. The topological polar surface area (TPSA) is 86.7 Å². The Hall–Kier alpha value is -2.37. The molecule has 2 amide bonds. The molecule has 1 aromatic carbocycles. The molecule has 1 unspecified atom stereocenters. The first-order valence-corrected chi connectivity index (χ1v) is 7.88. The number of aliphatic carboxylic acids is 1. The maximum Gasteiger partial charge on any atom is 0.329 e. The molecule has 1 heterocycles. The quantitative estimate of drug-likeness (QED) is 0.890. The number of amides is 2. The minimum absolute atomic E-state index is 0.0158. The number of nitrogens with one attached hydrogen (secondary N) is 1. The van der Waals surface area contributed by atoms with Crippen molar-refractivity contribution in [2.75, 3.05) is 11.9 Å². The molecule has 1 saturated heterocycles. The fourth-order valence-corrected chi connectivity index (χ4v) is 2.95. The lowest BCUT2D eigenvalue weighted by Gasteiger charge is -2.31. The Morgan fingerprint density at radius 3 is 2.43 bits per heavy atom. The Morgan fingerprint density at radius 1 is 1.22 bits per heavy atom. The van der Waals surface area contributed by atoms with Crippen LogP contribution >= 0.6 is 0 Å². The van der Waals surface area contributed by atoms with Crippen LogP contribution in [0.3, 0.4) is 0 Å². The van der Waals surface area contributed by atoms with Gasteiger partial charge in [0.15, 0.2) is 0 Å². The van der Waals surface area contributed by atoms with Gasteiger partial charge in [0, 0.05) is 23.7 Å². The summed E-state index contributed by atoms with van der Waals surface area (Å²) in [5.41, 5.74) is -0.0553. The Kier molecular flexibility index (Phi) is 3.83. The van der Waals surface area contributed by atoms with Crippen LogP contribution in [0.2, 0.25) is 0 Å². The van der Waals surface area contributed by atoms with E-state index in [0.717, 1.165) is 12.8 Å². The minimum Gasteiger partial charge on any atom is -0.480 e. The maximum absolute atomic E-state index is 12.6. The van der Waals surface area contributed by atoms with Crippen molar-refractivity contribution in [3.05, 3.63) is 29.8 Å². The van der Waals surface area contributed by atoms with Gasteiger partial charge in [0.05, 0.1) is 0 Å². The molecule has 0 radical (unpaired) electrons. The highest BCUT2D eigenvalue weighted by Gasteiger charge is 2.46. The molecule has 6 nitrogen and oxygen atoms in total. The molecular formula is C17H20N2O4. The molecule has 1 aromatic rings. The number of benzene rings is 1. The van der Waals surface area contributed by atoms with Gasteiger partial charge in [-0.25, -0.2) is 4.79 Å². The summed E-state index contributed by atoms with van der Waals surface area (Å²) in [5, 5.41) is 12.2. The van der Waals surface area contributed by atoms with Crippen molar-refractivity contribution in [3.8, 4) is 0 Å². The first-order valence-electron chi connectivity index (χ1n) is 7.88. The van der Waals surface area contributed by atoms with Gasteiger partial charge in [0.25, 0.3) is 5.91 Å². The van der Waals surface area contributed by atoms with Crippen molar-refractivity contribution in [3.63, 3.8) is 0 Å². The normalized spacial score (nSPS) is 23.6. The third-order valence-electron chi connectivity index (χ3n) is 4.69. The molecule has 1 atom stereocenters. The number of rotatable bonds is 4. The zero-order valence-corrected chi connectivity index (χ0v) is 13.0. The Balaban J connectivity index is 1.72. The lowest BCUT2D eigenvalue weighted by Crippen LogP contribution is -2.50. The summed E-state index contributed by atoms with van der Waals surface area (Å²) in [5.74, 6) is -1.12. The Bertz CT molecular complexity index is 651. The van der Waals surface area contributed by atoms with Crippen LogP contribution < -0.4 is 5.32 Å². The SMILES string of the molecule is CC1(C(=O)O)CCCN1C(=O)c1ccc(NC(=O)C2CC2)cc1. The van der Waals surface area contributed by atoms with E-state index < -0.39 is 11.5 Å². The van der Waals surface area contributed by atoms with E-state index in [1.54, 1.807) is 31.2 Å². The number of carbonyl (C=O) groups is 3. The van der Waals surface area contributed by atoms with Crippen LogP contribution in [0, 0.1) is 5.92 Å². The summed E-state index contributed by atoms with van der Waals surface area (Å²) in [4.78, 5) is 37.2. The van der Waals surface area contributed by atoms with Crippen molar-refractivity contribution in [2.24, 2.45) is 5.92 Å². The number of hydrogen-bond donors (Lipinski definition) is 2. The number of anilines is 1. The molecule has 2 N–H and O–H groups in total. The summed E-state index contributed by atoms with van der Waals surface area (Å²) in [6, 6.07) is 6.63. The van der Waals surface area contributed by atoms with Gasteiger partial charge in [-0.15, -0.1) is 0 Å². The first kappa shape index (κ1) is 15.5. The molecule has 122 valence electrons. The van der Waals surface area contributed by atoms with E-state index in [-0.39, 0.29) is 17.7 Å². The third-order valence-corrected chi connectivity index (χ3v) is 4.69. The van der Waals surface area contributed by atoms with Crippen LogP contribution in [-0.2, 0) is 9.59 Å². The summed E-state index contributed by atoms with van der Waals surface area (Å²) in [6.45, 7) is 2.03. The van der Waals surface area contributed by atoms with E-state index in [4.69, 9.17) is 0 Å². The second-order valence-electron chi connectivity index (χ2n) is 6.48. The van der Waals surface area contributed by atoms with E-state index >= 15 is 0 Å². The first-order chi connectivity index (χ1) is 10.9. The molecular weight excluding hydrogens is 296 g/mol. The van der Waals surface area contributed by atoms with Crippen LogP contribution in [0.4, 0.5) is 5.69 Å². The highest BCUT2D eigenvalue weighted by Crippen LogP contribution is 2.32. The van der Waals surface area contributed by atoms with Crippen molar-refractivity contribution in [1.29, 1.82) is 0 Å². The van der Waals surface area contributed by atoms with Crippen molar-refractivity contribution in [1.82, 2.24) is 4.90 Å². The molecule has 0 aromatic heterocycles. The predicted octanol–water partition coefficient (Wildman–Crippen LogP) is 2.11. The maximum atomic E-state index is 12.6. The average Bonchev–Trinajstić information content (AvgIpc) is 3.30. The highest BCUT2D eigenvalue weighted by atomic mass is 16.4. The predicted molar refractivity (Wildman–Crippen MR) is 84.1 cm³/mol. The van der Waals surface area contributed by atoms with Gasteiger partial charge >= 0.3 is 5.97 Å². The lowest BCUT2D eigenvalue weighted by atomic mass is 9.98. The van der Waals surface area contributed by atoms with Gasteiger partial charge in [0.2, 0.25) is 5.91 Å². The average molecular weight is 316 g/mol. The fraction of sp³-hybridized carbons (Fsp3) is 0.471. The van der Waals surface area contributed by atoms with Crippen LogP contribution in [0.15, 0.2) is 24.3 Å². The van der Waals surface area contributed by atoms with Crippen LogP contribution in [0.1, 0.15) is 43.0 Å². The molecule has 6 heteroatoms. The molecule has 3 rings (SSSR count). The molecule has 23 heavy (non-hydrogen) atoms. The second kappa shape index (κ2) is 5.68. The largest absolute Gasteiger partial charge is 0.480 e. The van der Waals surface area contributed by atoms with E-state index in [2.05, 4.69) is 5.32 Å². The van der Waals surface area contributed by atoms with Gasteiger partial charge in [-0.3, -0.25) is 9.59 Å². The van der Waals surface area contributed by atoms with Gasteiger partial charge in [0.1, 0.15) is 5.54 Å². The zero-order valence-electron chi connectivity index (χ0n) is 13.0. The van der Waals surface area contributed by atoms with Gasteiger partial charge in [-0.1, -0.05) is 0 Å². The molecule has 0 bridgehead atoms. The summed E-state index contributed by atoms with van der Waals surface area (Å²) in [7, 11) is 0. The highest BCUT2D eigenvalue weighted by molar-refractivity contribution is 5.99. The Labute approximate surface area is 134 Å². The van der Waals surface area contributed by atoms with Gasteiger partial charge < -0.3 is 15.3 Å². The zero-order chi connectivity index (χ0) is 16.6. The van der Waals surface area contributed by atoms with Crippen LogP contribution in [0.5, 0.6) is 0 Å². The molecule has 2 fully saturated rings. The molecule has 0 spiro atoms. The number of likely N-dealkylation sites (tertiary alicyclic amines) is 1. The number of carboxylic acids is 1. The van der Waals surface area contributed by atoms with E-state index in [0.29, 0.717) is 30.6 Å². The standard InChI is InChI=1S/C17H20N2O4/c1-17(16(22)23)9-2-10-19(17)15(21)12-5-7-13(8-6-12)18-14(20)11-3-4-11/h5-8,11H,2-4,9-10H2,1H3,(H,18,20)(H,22,23). The van der Waals surface area contributed by atoms with Crippen molar-refractivity contribution >= 4 is 23.5 Å². The van der Waals surface area contributed by atoms with Gasteiger partial charge in [-0.2, -0.15) is 0 Å². The molecule has 1 aliphatic carbocycles. The van der Waals surface area contributed by atoms with E-state index in [9.17, 15) is 19.5 Å².